The minimum absolute atomic E-state index is 0.180. The highest BCUT2D eigenvalue weighted by Gasteiger charge is 2.09. The minimum atomic E-state index is -0.282. The second-order valence-corrected chi connectivity index (χ2v) is 3.18. The molecule has 1 aromatic carbocycles. The zero-order valence-corrected chi connectivity index (χ0v) is 8.40. The number of aromatic hydroxyl groups is 2. The van der Waals surface area contributed by atoms with Crippen LogP contribution in [0.15, 0.2) is 30.9 Å². The van der Waals surface area contributed by atoms with Crippen LogP contribution in [0.4, 0.5) is 0 Å². The number of hydrogen-bond acceptors (Lipinski definition) is 3. The third-order valence-electron chi connectivity index (χ3n) is 2.04. The van der Waals surface area contributed by atoms with Crippen molar-refractivity contribution in [2.24, 2.45) is 0 Å². The van der Waals surface area contributed by atoms with Crippen LogP contribution in [0.25, 0.3) is 0 Å². The molecule has 0 saturated carbocycles. The maximum Gasteiger partial charge on any atom is 0.243 e. The molecule has 1 atom stereocenters. The number of benzene rings is 1. The summed E-state index contributed by atoms with van der Waals surface area (Å²) < 4.78 is 0. The Hall–Kier alpha value is -1.97. The Morgan fingerprint density at radius 2 is 2.13 bits per heavy atom. The van der Waals surface area contributed by atoms with E-state index in [0.29, 0.717) is 5.56 Å². The SMILES string of the molecule is C=CC(=O)NC(C)c1ccc(O)c(O)c1. The first-order chi connectivity index (χ1) is 7.04. The van der Waals surface area contributed by atoms with E-state index in [1.54, 1.807) is 13.0 Å². The summed E-state index contributed by atoms with van der Waals surface area (Å²) >= 11 is 0. The zero-order valence-electron chi connectivity index (χ0n) is 8.40. The van der Waals surface area contributed by atoms with E-state index in [4.69, 9.17) is 5.11 Å². The summed E-state index contributed by atoms with van der Waals surface area (Å²) in [5.74, 6) is -0.664. The summed E-state index contributed by atoms with van der Waals surface area (Å²) in [5, 5.41) is 21.0. The third-order valence-corrected chi connectivity index (χ3v) is 2.04. The van der Waals surface area contributed by atoms with E-state index in [1.807, 2.05) is 0 Å². The molecule has 0 heterocycles. The topological polar surface area (TPSA) is 69.6 Å². The van der Waals surface area contributed by atoms with Crippen molar-refractivity contribution in [3.63, 3.8) is 0 Å². The second-order valence-electron chi connectivity index (χ2n) is 3.18. The molecule has 0 aromatic heterocycles. The van der Waals surface area contributed by atoms with Gasteiger partial charge in [-0.1, -0.05) is 12.6 Å². The molecule has 1 unspecified atom stereocenters. The van der Waals surface area contributed by atoms with Crippen LogP contribution >= 0.6 is 0 Å². The van der Waals surface area contributed by atoms with E-state index in [0.717, 1.165) is 0 Å². The van der Waals surface area contributed by atoms with Crippen LogP contribution in [0.2, 0.25) is 0 Å². The standard InChI is InChI=1S/C11H13NO3/c1-3-11(15)12-7(2)8-4-5-9(13)10(14)6-8/h3-7,13-14H,1H2,2H3,(H,12,15). The van der Waals surface area contributed by atoms with Crippen molar-refractivity contribution in [1.29, 1.82) is 0 Å². The first kappa shape index (κ1) is 11.1. The Morgan fingerprint density at radius 3 is 2.67 bits per heavy atom. The van der Waals surface area contributed by atoms with Gasteiger partial charge in [-0.05, 0) is 30.7 Å². The van der Waals surface area contributed by atoms with Crippen LogP contribution in [0.5, 0.6) is 11.5 Å². The van der Waals surface area contributed by atoms with Crippen LogP contribution in [0.3, 0.4) is 0 Å². The molecule has 4 nitrogen and oxygen atoms in total. The number of phenolic OH excluding ortho intramolecular Hbond substituents is 2. The molecule has 0 saturated heterocycles. The van der Waals surface area contributed by atoms with Crippen LogP contribution < -0.4 is 5.32 Å². The van der Waals surface area contributed by atoms with Gasteiger partial charge < -0.3 is 15.5 Å². The fourth-order valence-electron chi connectivity index (χ4n) is 1.17. The number of carbonyl (C=O) groups is 1. The lowest BCUT2D eigenvalue weighted by Crippen LogP contribution is -2.24. The molecule has 1 aromatic rings. The van der Waals surface area contributed by atoms with E-state index in [-0.39, 0.29) is 23.4 Å². The third kappa shape index (κ3) is 2.74. The minimum Gasteiger partial charge on any atom is -0.504 e. The molecule has 0 bridgehead atoms. The average molecular weight is 207 g/mol. The number of rotatable bonds is 3. The number of carbonyl (C=O) groups excluding carboxylic acids is 1. The highest BCUT2D eigenvalue weighted by atomic mass is 16.3. The fraction of sp³-hybridized carbons (Fsp3) is 0.182. The first-order valence-corrected chi connectivity index (χ1v) is 4.49. The molecule has 1 amide bonds. The maximum absolute atomic E-state index is 11.0. The molecule has 1 rings (SSSR count). The molecule has 15 heavy (non-hydrogen) atoms. The Bertz CT molecular complexity index is 387. The molecule has 0 aliphatic carbocycles. The Kier molecular flexibility index (Phi) is 3.33. The Morgan fingerprint density at radius 1 is 1.47 bits per heavy atom. The Labute approximate surface area is 87.9 Å². The van der Waals surface area contributed by atoms with Crippen molar-refractivity contribution >= 4 is 5.91 Å². The van der Waals surface area contributed by atoms with E-state index in [9.17, 15) is 9.90 Å². The first-order valence-electron chi connectivity index (χ1n) is 4.49. The van der Waals surface area contributed by atoms with Gasteiger partial charge in [0.1, 0.15) is 0 Å². The highest BCUT2D eigenvalue weighted by molar-refractivity contribution is 5.87. The largest absolute Gasteiger partial charge is 0.504 e. The second kappa shape index (κ2) is 4.50. The van der Waals surface area contributed by atoms with E-state index in [2.05, 4.69) is 11.9 Å². The lowest BCUT2D eigenvalue weighted by Gasteiger charge is -2.13. The van der Waals surface area contributed by atoms with E-state index < -0.39 is 0 Å². The molecule has 0 aliphatic rings. The van der Waals surface area contributed by atoms with Crippen LogP contribution in [-0.4, -0.2) is 16.1 Å². The van der Waals surface area contributed by atoms with Gasteiger partial charge in [-0.3, -0.25) is 4.79 Å². The Balaban J connectivity index is 2.82. The van der Waals surface area contributed by atoms with Crippen LogP contribution in [0.1, 0.15) is 18.5 Å². The van der Waals surface area contributed by atoms with Crippen molar-refractivity contribution < 1.29 is 15.0 Å². The summed E-state index contributed by atoms with van der Waals surface area (Å²) in [6.45, 7) is 5.11. The summed E-state index contributed by atoms with van der Waals surface area (Å²) in [6.07, 6.45) is 1.18. The van der Waals surface area contributed by atoms with Gasteiger partial charge in [0.15, 0.2) is 11.5 Å². The van der Waals surface area contributed by atoms with Gasteiger partial charge in [-0.2, -0.15) is 0 Å². The van der Waals surface area contributed by atoms with Crippen molar-refractivity contribution in [2.45, 2.75) is 13.0 Å². The predicted molar refractivity (Wildman–Crippen MR) is 56.5 cm³/mol. The van der Waals surface area contributed by atoms with Gasteiger partial charge in [0, 0.05) is 0 Å². The quantitative estimate of drug-likeness (QED) is 0.519. The fourth-order valence-corrected chi connectivity index (χ4v) is 1.17. The monoisotopic (exact) mass is 207 g/mol. The van der Waals surface area contributed by atoms with E-state index in [1.165, 1.54) is 18.2 Å². The summed E-state index contributed by atoms with van der Waals surface area (Å²) in [6, 6.07) is 4.16. The van der Waals surface area contributed by atoms with Crippen molar-refractivity contribution in [3.8, 4) is 11.5 Å². The number of phenols is 2. The van der Waals surface area contributed by atoms with Gasteiger partial charge in [-0.25, -0.2) is 0 Å². The van der Waals surface area contributed by atoms with Crippen LogP contribution in [-0.2, 0) is 4.79 Å². The smallest absolute Gasteiger partial charge is 0.243 e. The van der Waals surface area contributed by atoms with Crippen molar-refractivity contribution in [2.75, 3.05) is 0 Å². The number of hydrogen-bond donors (Lipinski definition) is 3. The van der Waals surface area contributed by atoms with E-state index >= 15 is 0 Å². The van der Waals surface area contributed by atoms with Gasteiger partial charge in [0.05, 0.1) is 6.04 Å². The van der Waals surface area contributed by atoms with Gasteiger partial charge in [-0.15, -0.1) is 0 Å². The highest BCUT2D eigenvalue weighted by Crippen LogP contribution is 2.27. The van der Waals surface area contributed by atoms with Gasteiger partial charge >= 0.3 is 0 Å². The molecule has 80 valence electrons. The maximum atomic E-state index is 11.0. The van der Waals surface area contributed by atoms with Gasteiger partial charge in [0.2, 0.25) is 5.91 Å². The van der Waals surface area contributed by atoms with Crippen LogP contribution in [0, 0.1) is 0 Å². The number of amides is 1. The molecule has 0 spiro atoms. The summed E-state index contributed by atoms with van der Waals surface area (Å²) in [5.41, 5.74) is 0.709. The lowest BCUT2D eigenvalue weighted by atomic mass is 10.1. The molecule has 0 fully saturated rings. The molecule has 4 heteroatoms. The molecule has 3 N–H and O–H groups in total. The summed E-state index contributed by atoms with van der Waals surface area (Å²) in [7, 11) is 0. The van der Waals surface area contributed by atoms with Crippen molar-refractivity contribution in [3.05, 3.63) is 36.4 Å². The van der Waals surface area contributed by atoms with Gasteiger partial charge in [0.25, 0.3) is 0 Å². The predicted octanol–water partition coefficient (Wildman–Crippen LogP) is 1.46. The normalized spacial score (nSPS) is 11.8. The molecule has 0 aliphatic heterocycles. The molecular formula is C11H13NO3. The number of nitrogens with one attached hydrogen (secondary N) is 1. The summed E-state index contributed by atoms with van der Waals surface area (Å²) in [4.78, 5) is 11.0. The zero-order chi connectivity index (χ0) is 11.4. The van der Waals surface area contributed by atoms with Crippen molar-refractivity contribution in [1.82, 2.24) is 5.32 Å². The average Bonchev–Trinajstić information content (AvgIpc) is 2.21. The lowest BCUT2D eigenvalue weighted by molar-refractivity contribution is -0.117. The molecular weight excluding hydrogens is 194 g/mol. The molecule has 0 radical (unpaired) electrons.